The fourth-order valence-corrected chi connectivity index (χ4v) is 2.43. The van der Waals surface area contributed by atoms with Crippen LogP contribution in [0.3, 0.4) is 0 Å². The molecule has 0 aliphatic heterocycles. The van der Waals surface area contributed by atoms with Crippen molar-refractivity contribution in [1.82, 2.24) is 4.90 Å². The van der Waals surface area contributed by atoms with Crippen LogP contribution in [0.2, 0.25) is 0 Å². The van der Waals surface area contributed by atoms with Gasteiger partial charge in [0.1, 0.15) is 5.75 Å². The summed E-state index contributed by atoms with van der Waals surface area (Å²) in [6.07, 6.45) is 0. The Balaban J connectivity index is 2.70. The van der Waals surface area contributed by atoms with Crippen molar-refractivity contribution in [1.29, 1.82) is 0 Å². The second kappa shape index (κ2) is 7.50. The Bertz CT molecular complexity index is 437. The monoisotopic (exact) mass is 329 g/mol. The molecule has 0 aliphatic carbocycles. The number of carboxylic acid groups (broad SMARTS) is 1. The van der Waals surface area contributed by atoms with E-state index in [-0.39, 0.29) is 5.92 Å². The van der Waals surface area contributed by atoms with Crippen LogP contribution < -0.4 is 4.74 Å². The molecular formula is C14H20BrNO3. The summed E-state index contributed by atoms with van der Waals surface area (Å²) in [5, 5.41) is 8.95. The number of nitrogens with zero attached hydrogens (tertiary/aromatic N) is 1. The van der Waals surface area contributed by atoms with Crippen LogP contribution in [-0.4, -0.2) is 36.2 Å². The molecule has 0 saturated heterocycles. The van der Waals surface area contributed by atoms with Crippen LogP contribution in [-0.2, 0) is 11.3 Å². The average molecular weight is 330 g/mol. The molecule has 5 heteroatoms. The van der Waals surface area contributed by atoms with Crippen molar-refractivity contribution in [3.8, 4) is 5.75 Å². The lowest BCUT2D eigenvalue weighted by Gasteiger charge is -2.22. The Morgan fingerprint density at radius 2 is 2.21 bits per heavy atom. The molecule has 0 amide bonds. The van der Waals surface area contributed by atoms with E-state index < -0.39 is 5.97 Å². The maximum atomic E-state index is 10.9. The third-order valence-electron chi connectivity index (χ3n) is 3.02. The molecule has 0 radical (unpaired) electrons. The molecule has 0 saturated carbocycles. The minimum Gasteiger partial charge on any atom is -0.496 e. The zero-order valence-corrected chi connectivity index (χ0v) is 13.1. The van der Waals surface area contributed by atoms with Crippen LogP contribution >= 0.6 is 15.9 Å². The molecule has 0 spiro atoms. The van der Waals surface area contributed by atoms with E-state index >= 15 is 0 Å². The smallest absolute Gasteiger partial charge is 0.307 e. The molecule has 0 fully saturated rings. The normalized spacial score (nSPS) is 12.5. The molecule has 0 bridgehead atoms. The minimum absolute atomic E-state index is 0.360. The fourth-order valence-electron chi connectivity index (χ4n) is 1.84. The van der Waals surface area contributed by atoms with Gasteiger partial charge in [-0.3, -0.25) is 9.69 Å². The summed E-state index contributed by atoms with van der Waals surface area (Å²) in [6.45, 7) is 5.87. The lowest BCUT2D eigenvalue weighted by Crippen LogP contribution is -2.31. The van der Waals surface area contributed by atoms with Gasteiger partial charge in [-0.05, 0) is 40.2 Å². The zero-order chi connectivity index (χ0) is 14.4. The van der Waals surface area contributed by atoms with Gasteiger partial charge >= 0.3 is 5.97 Å². The predicted molar refractivity (Wildman–Crippen MR) is 78.4 cm³/mol. The topological polar surface area (TPSA) is 49.8 Å². The fraction of sp³-hybridized carbons (Fsp3) is 0.500. The van der Waals surface area contributed by atoms with Gasteiger partial charge in [0.15, 0.2) is 0 Å². The molecular weight excluding hydrogens is 310 g/mol. The van der Waals surface area contributed by atoms with Gasteiger partial charge in [-0.1, -0.05) is 19.9 Å². The summed E-state index contributed by atoms with van der Waals surface area (Å²) in [7, 11) is 1.63. The Hall–Kier alpha value is -1.07. The predicted octanol–water partition coefficient (Wildman–Crippen LogP) is 3.00. The number of methoxy groups -OCH3 is 1. The second-order valence-electron chi connectivity index (χ2n) is 4.54. The molecule has 1 rings (SSSR count). The van der Waals surface area contributed by atoms with Crippen LogP contribution in [0.4, 0.5) is 0 Å². The lowest BCUT2D eigenvalue weighted by atomic mass is 10.1. The maximum Gasteiger partial charge on any atom is 0.307 e. The number of carboxylic acids is 1. The molecule has 19 heavy (non-hydrogen) atoms. The standard InChI is InChI=1S/C14H20BrNO3/c1-4-16(8-10(2)14(17)18)9-11-5-6-13(19-3)12(15)7-11/h5-7,10H,4,8-9H2,1-3H3,(H,17,18). The van der Waals surface area contributed by atoms with E-state index in [1.807, 2.05) is 25.1 Å². The first-order valence-electron chi connectivity index (χ1n) is 6.25. The van der Waals surface area contributed by atoms with E-state index in [4.69, 9.17) is 9.84 Å². The lowest BCUT2D eigenvalue weighted by molar-refractivity contribution is -0.141. The number of hydrogen-bond acceptors (Lipinski definition) is 3. The third-order valence-corrected chi connectivity index (χ3v) is 3.64. The quantitative estimate of drug-likeness (QED) is 0.835. The Morgan fingerprint density at radius 1 is 1.53 bits per heavy atom. The van der Waals surface area contributed by atoms with Crippen LogP contribution in [0.5, 0.6) is 5.75 Å². The SMILES string of the molecule is CCN(Cc1ccc(OC)c(Br)c1)CC(C)C(=O)O. The minimum atomic E-state index is -0.755. The van der Waals surface area contributed by atoms with Gasteiger partial charge in [0.25, 0.3) is 0 Å². The first-order chi connectivity index (χ1) is 8.97. The maximum absolute atomic E-state index is 10.9. The molecule has 4 nitrogen and oxygen atoms in total. The number of benzene rings is 1. The van der Waals surface area contributed by atoms with Gasteiger partial charge in [0.05, 0.1) is 17.5 Å². The number of carbonyl (C=O) groups is 1. The van der Waals surface area contributed by atoms with Crippen LogP contribution in [0.25, 0.3) is 0 Å². The van der Waals surface area contributed by atoms with Crippen LogP contribution in [0.15, 0.2) is 22.7 Å². The van der Waals surface area contributed by atoms with Gasteiger partial charge < -0.3 is 9.84 Å². The highest BCUT2D eigenvalue weighted by Gasteiger charge is 2.15. The van der Waals surface area contributed by atoms with Gasteiger partial charge in [-0.25, -0.2) is 0 Å². The molecule has 1 atom stereocenters. The van der Waals surface area contributed by atoms with Crippen molar-refractivity contribution in [3.05, 3.63) is 28.2 Å². The van der Waals surface area contributed by atoms with Gasteiger partial charge in [-0.15, -0.1) is 0 Å². The molecule has 1 aromatic carbocycles. The highest BCUT2D eigenvalue weighted by molar-refractivity contribution is 9.10. The largest absolute Gasteiger partial charge is 0.496 e. The molecule has 0 heterocycles. The van der Waals surface area contributed by atoms with E-state index in [0.717, 1.165) is 28.9 Å². The van der Waals surface area contributed by atoms with Crippen LogP contribution in [0.1, 0.15) is 19.4 Å². The molecule has 1 aromatic rings. The zero-order valence-electron chi connectivity index (χ0n) is 11.5. The third kappa shape index (κ3) is 4.84. The Labute approximate surface area is 122 Å². The Kier molecular flexibility index (Phi) is 6.31. The first kappa shape index (κ1) is 16.0. The second-order valence-corrected chi connectivity index (χ2v) is 5.39. The van der Waals surface area contributed by atoms with E-state index in [1.54, 1.807) is 14.0 Å². The van der Waals surface area contributed by atoms with Crippen molar-refractivity contribution >= 4 is 21.9 Å². The first-order valence-corrected chi connectivity index (χ1v) is 7.04. The number of rotatable bonds is 7. The Morgan fingerprint density at radius 3 is 2.68 bits per heavy atom. The molecule has 106 valence electrons. The summed E-state index contributed by atoms with van der Waals surface area (Å²) in [4.78, 5) is 13.0. The summed E-state index contributed by atoms with van der Waals surface area (Å²) < 4.78 is 6.10. The molecule has 0 aliphatic rings. The number of ether oxygens (including phenoxy) is 1. The van der Waals surface area contributed by atoms with Crippen molar-refractivity contribution in [2.24, 2.45) is 5.92 Å². The number of aliphatic carboxylic acids is 1. The highest BCUT2D eigenvalue weighted by Crippen LogP contribution is 2.26. The van der Waals surface area contributed by atoms with Gasteiger partial charge in [0, 0.05) is 13.1 Å². The van der Waals surface area contributed by atoms with Crippen LogP contribution in [0, 0.1) is 5.92 Å². The van der Waals surface area contributed by atoms with Crippen molar-refractivity contribution < 1.29 is 14.6 Å². The molecule has 1 unspecified atom stereocenters. The van der Waals surface area contributed by atoms with Crippen molar-refractivity contribution in [2.45, 2.75) is 20.4 Å². The van der Waals surface area contributed by atoms with Crippen molar-refractivity contribution in [3.63, 3.8) is 0 Å². The number of hydrogen-bond donors (Lipinski definition) is 1. The summed E-state index contributed by atoms with van der Waals surface area (Å²) in [5.41, 5.74) is 1.13. The summed E-state index contributed by atoms with van der Waals surface area (Å²) in [6, 6.07) is 5.92. The summed E-state index contributed by atoms with van der Waals surface area (Å²) >= 11 is 3.46. The summed E-state index contributed by atoms with van der Waals surface area (Å²) in [5.74, 6) is -0.318. The number of halogens is 1. The van der Waals surface area contributed by atoms with Gasteiger partial charge in [0.2, 0.25) is 0 Å². The highest BCUT2D eigenvalue weighted by atomic mass is 79.9. The van der Waals surface area contributed by atoms with E-state index in [9.17, 15) is 4.79 Å². The molecule has 0 aromatic heterocycles. The van der Waals surface area contributed by atoms with E-state index in [0.29, 0.717) is 6.54 Å². The van der Waals surface area contributed by atoms with E-state index in [2.05, 4.69) is 20.8 Å². The molecule has 1 N–H and O–H groups in total. The average Bonchev–Trinajstić information content (AvgIpc) is 2.37. The van der Waals surface area contributed by atoms with E-state index in [1.165, 1.54) is 0 Å². The van der Waals surface area contributed by atoms with Crippen molar-refractivity contribution in [2.75, 3.05) is 20.2 Å². The van der Waals surface area contributed by atoms with Gasteiger partial charge in [-0.2, -0.15) is 0 Å².